The number of rotatable bonds is 5. The Morgan fingerprint density at radius 1 is 1.45 bits per heavy atom. The van der Waals surface area contributed by atoms with Crippen molar-refractivity contribution in [2.45, 2.75) is 10.9 Å². The molecule has 1 N–H and O–H groups in total. The van der Waals surface area contributed by atoms with Crippen molar-refractivity contribution in [3.05, 3.63) is 48.0 Å². The number of aryl methyl sites for hydroxylation is 1. The van der Waals surface area contributed by atoms with Crippen molar-refractivity contribution in [1.82, 2.24) is 14.9 Å². The van der Waals surface area contributed by atoms with Gasteiger partial charge in [-0.3, -0.25) is 4.79 Å². The summed E-state index contributed by atoms with van der Waals surface area (Å²) in [6.07, 6.45) is 3.19. The Morgan fingerprint density at radius 3 is 2.68 bits per heavy atom. The van der Waals surface area contributed by atoms with Crippen LogP contribution in [-0.2, 0) is 11.8 Å². The SMILES string of the molecule is COc1ccccc1[C@@H](NC(=O)C(F)(F)Br)c1nccn1C. The molecule has 0 fully saturated rings. The summed E-state index contributed by atoms with van der Waals surface area (Å²) in [5, 5.41) is 2.29. The van der Waals surface area contributed by atoms with Crippen molar-refractivity contribution < 1.29 is 18.3 Å². The van der Waals surface area contributed by atoms with Gasteiger partial charge < -0.3 is 14.6 Å². The highest BCUT2D eigenvalue weighted by molar-refractivity contribution is 9.10. The van der Waals surface area contributed by atoms with Crippen molar-refractivity contribution in [2.75, 3.05) is 7.11 Å². The van der Waals surface area contributed by atoms with E-state index in [4.69, 9.17) is 4.74 Å². The number of hydrogen-bond donors (Lipinski definition) is 1. The smallest absolute Gasteiger partial charge is 0.377 e. The van der Waals surface area contributed by atoms with Crippen molar-refractivity contribution in [2.24, 2.45) is 7.05 Å². The van der Waals surface area contributed by atoms with Crippen LogP contribution in [0.2, 0.25) is 0 Å². The molecule has 5 nitrogen and oxygen atoms in total. The maximum absolute atomic E-state index is 13.2. The van der Waals surface area contributed by atoms with E-state index in [2.05, 4.69) is 26.2 Å². The number of para-hydroxylation sites is 1. The van der Waals surface area contributed by atoms with E-state index in [0.717, 1.165) is 0 Å². The molecule has 118 valence electrons. The van der Waals surface area contributed by atoms with Gasteiger partial charge in [-0.05, 0) is 6.07 Å². The molecule has 22 heavy (non-hydrogen) atoms. The fourth-order valence-corrected chi connectivity index (χ4v) is 2.17. The van der Waals surface area contributed by atoms with Crippen LogP contribution in [0.25, 0.3) is 0 Å². The summed E-state index contributed by atoms with van der Waals surface area (Å²) in [5.74, 6) is -0.574. The maximum atomic E-state index is 13.2. The first-order valence-electron chi connectivity index (χ1n) is 6.32. The Morgan fingerprint density at radius 2 is 2.14 bits per heavy atom. The number of imidazole rings is 1. The lowest BCUT2D eigenvalue weighted by atomic mass is 10.0. The van der Waals surface area contributed by atoms with Gasteiger partial charge in [0.2, 0.25) is 0 Å². The first-order valence-corrected chi connectivity index (χ1v) is 7.11. The summed E-state index contributed by atoms with van der Waals surface area (Å²) in [5.41, 5.74) is 0.532. The van der Waals surface area contributed by atoms with Crippen LogP contribution in [0.1, 0.15) is 17.4 Å². The van der Waals surface area contributed by atoms with E-state index in [-0.39, 0.29) is 0 Å². The number of benzene rings is 1. The van der Waals surface area contributed by atoms with Crippen molar-refractivity contribution in [3.63, 3.8) is 0 Å². The minimum absolute atomic E-state index is 0.412. The highest BCUT2D eigenvalue weighted by Crippen LogP contribution is 2.31. The molecule has 0 unspecified atom stereocenters. The highest BCUT2D eigenvalue weighted by atomic mass is 79.9. The average molecular weight is 374 g/mol. The van der Waals surface area contributed by atoms with Crippen molar-refractivity contribution in [1.29, 1.82) is 0 Å². The summed E-state index contributed by atoms with van der Waals surface area (Å²) in [6, 6.07) is 5.98. The lowest BCUT2D eigenvalue weighted by Crippen LogP contribution is -2.39. The molecule has 0 bridgehead atoms. The molecule has 1 aromatic carbocycles. The van der Waals surface area contributed by atoms with Crippen LogP contribution >= 0.6 is 15.9 Å². The van der Waals surface area contributed by atoms with Gasteiger partial charge in [-0.2, -0.15) is 8.78 Å². The van der Waals surface area contributed by atoms with E-state index in [0.29, 0.717) is 17.1 Å². The van der Waals surface area contributed by atoms with Crippen LogP contribution in [0.15, 0.2) is 36.7 Å². The Balaban J connectivity index is 2.47. The molecule has 2 aromatic rings. The van der Waals surface area contributed by atoms with Gasteiger partial charge in [0.05, 0.1) is 7.11 Å². The molecule has 0 radical (unpaired) electrons. The van der Waals surface area contributed by atoms with Gasteiger partial charge in [0.15, 0.2) is 0 Å². The minimum Gasteiger partial charge on any atom is -0.496 e. The average Bonchev–Trinajstić information content (AvgIpc) is 2.89. The van der Waals surface area contributed by atoms with Crippen molar-refractivity contribution in [3.8, 4) is 5.75 Å². The third kappa shape index (κ3) is 3.44. The number of halogens is 3. The minimum atomic E-state index is -3.67. The highest BCUT2D eigenvalue weighted by Gasteiger charge is 2.38. The Kier molecular flexibility index (Phi) is 4.80. The Labute approximate surface area is 134 Å². The van der Waals surface area contributed by atoms with Gasteiger partial charge >= 0.3 is 10.7 Å². The predicted molar refractivity (Wildman–Crippen MR) is 80.1 cm³/mol. The van der Waals surface area contributed by atoms with Crippen LogP contribution in [0, 0.1) is 0 Å². The van der Waals surface area contributed by atoms with E-state index < -0.39 is 16.8 Å². The number of methoxy groups -OCH3 is 1. The van der Waals surface area contributed by atoms with Gasteiger partial charge in [0.1, 0.15) is 17.6 Å². The van der Waals surface area contributed by atoms with Gasteiger partial charge in [-0.1, -0.05) is 18.2 Å². The summed E-state index contributed by atoms with van der Waals surface area (Å²) in [6.45, 7) is 0. The van der Waals surface area contributed by atoms with Gasteiger partial charge in [0, 0.05) is 40.9 Å². The molecular formula is C14H14BrF2N3O2. The summed E-state index contributed by atoms with van der Waals surface area (Å²) >= 11 is 2.06. The quantitative estimate of drug-likeness (QED) is 0.819. The monoisotopic (exact) mass is 373 g/mol. The number of nitrogens with zero attached hydrogens (tertiary/aromatic N) is 2. The number of alkyl halides is 3. The molecule has 1 aromatic heterocycles. The molecule has 0 saturated carbocycles. The zero-order valence-corrected chi connectivity index (χ0v) is 13.5. The molecule has 0 aliphatic rings. The molecule has 1 amide bonds. The maximum Gasteiger partial charge on any atom is 0.377 e. The second kappa shape index (κ2) is 6.43. The first-order chi connectivity index (χ1) is 10.3. The Bertz CT molecular complexity index is 670. The Hall–Kier alpha value is -1.96. The molecule has 0 saturated heterocycles. The molecule has 1 heterocycles. The topological polar surface area (TPSA) is 56.1 Å². The van der Waals surface area contributed by atoms with E-state index in [9.17, 15) is 13.6 Å². The zero-order chi connectivity index (χ0) is 16.3. The summed E-state index contributed by atoms with van der Waals surface area (Å²) in [7, 11) is 3.18. The van der Waals surface area contributed by atoms with Crippen molar-refractivity contribution >= 4 is 21.8 Å². The van der Waals surface area contributed by atoms with Gasteiger partial charge in [-0.25, -0.2) is 4.98 Å². The fraction of sp³-hybridized carbons (Fsp3) is 0.286. The lowest BCUT2D eigenvalue weighted by molar-refractivity contribution is -0.134. The van der Waals surface area contributed by atoms with Crippen LogP contribution in [0.3, 0.4) is 0 Å². The number of ether oxygens (including phenoxy) is 1. The molecule has 1 atom stereocenters. The summed E-state index contributed by atoms with van der Waals surface area (Å²) < 4.78 is 33.2. The van der Waals surface area contributed by atoms with Gasteiger partial charge in [-0.15, -0.1) is 0 Å². The molecular weight excluding hydrogens is 360 g/mol. The fourth-order valence-electron chi connectivity index (χ4n) is 2.05. The third-order valence-electron chi connectivity index (χ3n) is 3.10. The zero-order valence-electron chi connectivity index (χ0n) is 11.9. The second-order valence-electron chi connectivity index (χ2n) is 4.54. The molecule has 0 spiro atoms. The van der Waals surface area contributed by atoms with Gasteiger partial charge in [0.25, 0.3) is 0 Å². The van der Waals surface area contributed by atoms with Crippen LogP contribution < -0.4 is 10.1 Å². The summed E-state index contributed by atoms with van der Waals surface area (Å²) in [4.78, 5) is 12.1. The normalized spacial score (nSPS) is 12.8. The lowest BCUT2D eigenvalue weighted by Gasteiger charge is -2.22. The third-order valence-corrected chi connectivity index (χ3v) is 3.46. The number of carbonyl (C=O) groups is 1. The second-order valence-corrected chi connectivity index (χ2v) is 5.54. The van der Waals surface area contributed by atoms with E-state index >= 15 is 0 Å². The molecule has 2 rings (SSSR count). The number of amides is 1. The van der Waals surface area contributed by atoms with E-state index in [1.807, 2.05) is 0 Å². The largest absolute Gasteiger partial charge is 0.496 e. The number of nitrogens with one attached hydrogen (secondary N) is 1. The molecule has 0 aliphatic carbocycles. The van der Waals surface area contributed by atoms with E-state index in [1.165, 1.54) is 13.3 Å². The number of carbonyl (C=O) groups excluding carboxylic acids is 1. The molecule has 8 heteroatoms. The number of aromatic nitrogens is 2. The number of hydrogen-bond acceptors (Lipinski definition) is 3. The van der Waals surface area contributed by atoms with Crippen LogP contribution in [0.5, 0.6) is 5.75 Å². The van der Waals surface area contributed by atoms with Crippen LogP contribution in [0.4, 0.5) is 8.78 Å². The van der Waals surface area contributed by atoms with E-state index in [1.54, 1.807) is 42.1 Å². The predicted octanol–water partition coefficient (Wildman–Crippen LogP) is 2.62. The van der Waals surface area contributed by atoms with Crippen LogP contribution in [-0.4, -0.2) is 27.4 Å². The first kappa shape index (κ1) is 16.4. The standard InChI is InChI=1S/C14H14BrF2N3O2/c1-20-8-7-18-12(20)11(19-13(21)14(15,16)17)9-5-3-4-6-10(9)22-2/h3-8,11H,1-2H3,(H,19,21)/t11-/m1/s1. The molecule has 0 aliphatic heterocycles.